The van der Waals surface area contributed by atoms with Gasteiger partial charge in [-0.2, -0.15) is 0 Å². The molecule has 1 heterocycles. The molecule has 17 heavy (non-hydrogen) atoms. The number of nitrogens with one attached hydrogen (secondary N) is 2. The minimum absolute atomic E-state index is 0.110. The van der Waals surface area contributed by atoms with Gasteiger partial charge in [0.25, 0.3) is 5.91 Å². The Kier molecular flexibility index (Phi) is 3.38. The van der Waals surface area contributed by atoms with Crippen molar-refractivity contribution in [2.45, 2.75) is 18.8 Å². The molecule has 0 bridgehead atoms. The number of amides is 1. The van der Waals surface area contributed by atoms with Gasteiger partial charge in [0.05, 0.1) is 10.7 Å². The van der Waals surface area contributed by atoms with Crippen LogP contribution >= 0.6 is 11.3 Å². The predicted octanol–water partition coefficient (Wildman–Crippen LogP) is 2.17. The average molecular weight is 251 g/mol. The molecule has 1 amide bonds. The molecule has 4 nitrogen and oxygen atoms in total. The molecule has 1 aromatic rings. The number of nitrogens with two attached hydrogens (primary N) is 1. The predicted molar refractivity (Wildman–Crippen MR) is 72.8 cm³/mol. The van der Waals surface area contributed by atoms with Crippen LogP contribution in [-0.2, 0) is 0 Å². The number of carbonyl (C=O) groups excluding carboxylic acids is 1. The molecule has 1 aliphatic rings. The maximum absolute atomic E-state index is 11.7. The molecule has 0 radical (unpaired) electrons. The van der Waals surface area contributed by atoms with Crippen LogP contribution in [0.3, 0.4) is 0 Å². The van der Waals surface area contributed by atoms with E-state index in [0.717, 1.165) is 23.4 Å². The summed E-state index contributed by atoms with van der Waals surface area (Å²) in [7, 11) is 1.62. The van der Waals surface area contributed by atoms with E-state index < -0.39 is 0 Å². The van der Waals surface area contributed by atoms with Gasteiger partial charge >= 0.3 is 0 Å². The van der Waals surface area contributed by atoms with Crippen molar-refractivity contribution >= 4 is 27.9 Å². The normalized spacial score (nSPS) is 14.4. The third-order valence-corrected chi connectivity index (χ3v) is 3.99. The first-order valence-corrected chi connectivity index (χ1v) is 6.49. The molecular formula is C12H17N3OS. The summed E-state index contributed by atoms with van der Waals surface area (Å²) >= 11 is 1.43. The lowest BCUT2D eigenvalue weighted by molar-refractivity contribution is 0.0968. The third-order valence-electron chi connectivity index (χ3n) is 2.81. The fourth-order valence-corrected chi connectivity index (χ4v) is 2.97. The summed E-state index contributed by atoms with van der Waals surface area (Å²) in [6, 6.07) is 0. The Hall–Kier alpha value is -1.49. The summed E-state index contributed by atoms with van der Waals surface area (Å²) in [4.78, 5) is 12.3. The lowest BCUT2D eigenvalue weighted by Gasteiger charge is -2.04. The van der Waals surface area contributed by atoms with E-state index in [9.17, 15) is 4.79 Å². The van der Waals surface area contributed by atoms with Crippen molar-refractivity contribution in [3.8, 4) is 0 Å². The Balaban J connectivity index is 2.35. The minimum Gasteiger partial charge on any atom is -0.397 e. The van der Waals surface area contributed by atoms with Crippen molar-refractivity contribution in [3.63, 3.8) is 0 Å². The second-order valence-corrected chi connectivity index (χ2v) is 5.13. The molecule has 1 fully saturated rings. The SMILES string of the molecule is C=CCNc1sc(C(=O)NC)c(N)c1C1CC1. The van der Waals surface area contributed by atoms with Crippen LogP contribution in [0.4, 0.5) is 10.7 Å². The highest BCUT2D eigenvalue weighted by Crippen LogP contribution is 2.50. The molecule has 1 aliphatic carbocycles. The summed E-state index contributed by atoms with van der Waals surface area (Å²) in [5.41, 5.74) is 7.84. The first-order chi connectivity index (χ1) is 8.19. The van der Waals surface area contributed by atoms with Crippen molar-refractivity contribution in [1.82, 2.24) is 5.32 Å². The van der Waals surface area contributed by atoms with Crippen molar-refractivity contribution in [1.29, 1.82) is 0 Å². The van der Waals surface area contributed by atoms with Crippen LogP contribution < -0.4 is 16.4 Å². The smallest absolute Gasteiger partial charge is 0.263 e. The maximum Gasteiger partial charge on any atom is 0.263 e. The highest BCUT2D eigenvalue weighted by Gasteiger charge is 2.32. The van der Waals surface area contributed by atoms with Crippen LogP contribution in [0.5, 0.6) is 0 Å². The van der Waals surface area contributed by atoms with Crippen molar-refractivity contribution < 1.29 is 4.79 Å². The van der Waals surface area contributed by atoms with Gasteiger partial charge in [-0.15, -0.1) is 17.9 Å². The maximum atomic E-state index is 11.7. The van der Waals surface area contributed by atoms with E-state index in [2.05, 4.69) is 17.2 Å². The first-order valence-electron chi connectivity index (χ1n) is 5.68. The van der Waals surface area contributed by atoms with E-state index in [1.165, 1.54) is 11.3 Å². The highest BCUT2D eigenvalue weighted by atomic mass is 32.1. The van der Waals surface area contributed by atoms with Crippen LogP contribution in [0, 0.1) is 0 Å². The minimum atomic E-state index is -0.110. The Labute approximate surface area is 105 Å². The lowest BCUT2D eigenvalue weighted by atomic mass is 10.1. The third kappa shape index (κ3) is 2.29. The highest BCUT2D eigenvalue weighted by molar-refractivity contribution is 7.18. The van der Waals surface area contributed by atoms with E-state index in [4.69, 9.17) is 5.73 Å². The van der Waals surface area contributed by atoms with Gasteiger partial charge in [0.2, 0.25) is 0 Å². The summed E-state index contributed by atoms with van der Waals surface area (Å²) in [5.74, 6) is 0.415. The van der Waals surface area contributed by atoms with Gasteiger partial charge in [-0.1, -0.05) is 6.08 Å². The van der Waals surface area contributed by atoms with Gasteiger partial charge in [-0.3, -0.25) is 4.79 Å². The largest absolute Gasteiger partial charge is 0.397 e. The lowest BCUT2D eigenvalue weighted by Crippen LogP contribution is -2.17. The Morgan fingerprint density at radius 2 is 2.35 bits per heavy atom. The molecule has 92 valence electrons. The number of nitrogen functional groups attached to an aromatic ring is 1. The van der Waals surface area contributed by atoms with E-state index in [0.29, 0.717) is 23.0 Å². The van der Waals surface area contributed by atoms with Crippen LogP contribution in [0.25, 0.3) is 0 Å². The molecular weight excluding hydrogens is 234 g/mol. The van der Waals surface area contributed by atoms with E-state index in [1.807, 2.05) is 0 Å². The fourth-order valence-electron chi connectivity index (χ4n) is 1.81. The van der Waals surface area contributed by atoms with E-state index in [1.54, 1.807) is 13.1 Å². The molecule has 0 spiro atoms. The average Bonchev–Trinajstić information content (AvgIpc) is 3.11. The molecule has 2 rings (SSSR count). The van der Waals surface area contributed by atoms with Gasteiger partial charge < -0.3 is 16.4 Å². The standard InChI is InChI=1S/C12H17N3OS/c1-3-6-15-12-8(7-4-5-7)9(13)10(17-12)11(16)14-2/h3,7,15H,1,4-6,13H2,2H3,(H,14,16). The molecule has 4 N–H and O–H groups in total. The van der Waals surface area contributed by atoms with Gasteiger partial charge in [0.15, 0.2) is 0 Å². The topological polar surface area (TPSA) is 67.2 Å². The molecule has 0 unspecified atom stereocenters. The molecule has 0 atom stereocenters. The fraction of sp³-hybridized carbons (Fsp3) is 0.417. The van der Waals surface area contributed by atoms with Gasteiger partial charge in [-0.05, 0) is 18.8 Å². The monoisotopic (exact) mass is 251 g/mol. The number of thiophene rings is 1. The number of hydrogen-bond donors (Lipinski definition) is 3. The molecule has 1 aromatic heterocycles. The summed E-state index contributed by atoms with van der Waals surface area (Å²) in [5, 5.41) is 6.90. The zero-order valence-electron chi connectivity index (χ0n) is 9.88. The number of carbonyl (C=O) groups is 1. The second-order valence-electron chi connectivity index (χ2n) is 4.11. The molecule has 0 aromatic carbocycles. The van der Waals surface area contributed by atoms with E-state index in [-0.39, 0.29) is 5.91 Å². The van der Waals surface area contributed by atoms with Crippen molar-refractivity contribution in [2.75, 3.05) is 24.6 Å². The zero-order valence-corrected chi connectivity index (χ0v) is 10.7. The van der Waals surface area contributed by atoms with Crippen LogP contribution in [0.15, 0.2) is 12.7 Å². The van der Waals surface area contributed by atoms with Crippen LogP contribution in [0.1, 0.15) is 34.0 Å². The summed E-state index contributed by atoms with van der Waals surface area (Å²) in [6.07, 6.45) is 4.12. The van der Waals surface area contributed by atoms with Gasteiger partial charge in [0.1, 0.15) is 4.88 Å². The van der Waals surface area contributed by atoms with Gasteiger partial charge in [-0.25, -0.2) is 0 Å². The van der Waals surface area contributed by atoms with Crippen LogP contribution in [-0.4, -0.2) is 19.5 Å². The van der Waals surface area contributed by atoms with Gasteiger partial charge in [0, 0.05) is 19.2 Å². The summed E-state index contributed by atoms with van der Waals surface area (Å²) < 4.78 is 0. The van der Waals surface area contributed by atoms with Crippen LogP contribution in [0.2, 0.25) is 0 Å². The zero-order chi connectivity index (χ0) is 12.4. The Morgan fingerprint density at radius 1 is 1.65 bits per heavy atom. The number of anilines is 2. The quantitative estimate of drug-likeness (QED) is 0.703. The summed E-state index contributed by atoms with van der Waals surface area (Å²) in [6.45, 7) is 4.37. The molecule has 5 heteroatoms. The molecule has 0 aliphatic heterocycles. The molecule has 1 saturated carbocycles. The first kappa shape index (κ1) is 12.0. The van der Waals surface area contributed by atoms with E-state index >= 15 is 0 Å². The van der Waals surface area contributed by atoms with Crippen molar-refractivity contribution in [3.05, 3.63) is 23.1 Å². The second kappa shape index (κ2) is 4.79. The number of rotatable bonds is 5. The Morgan fingerprint density at radius 3 is 2.88 bits per heavy atom. The Bertz CT molecular complexity index is 449. The molecule has 0 saturated heterocycles. The number of hydrogen-bond acceptors (Lipinski definition) is 4. The van der Waals surface area contributed by atoms with Crippen molar-refractivity contribution in [2.24, 2.45) is 0 Å².